The van der Waals surface area contributed by atoms with Gasteiger partial charge in [0, 0.05) is 30.4 Å². The van der Waals surface area contributed by atoms with Crippen LogP contribution >= 0.6 is 0 Å². The zero-order valence-corrected chi connectivity index (χ0v) is 16.5. The van der Waals surface area contributed by atoms with Crippen LogP contribution in [0.25, 0.3) is 11.3 Å². The van der Waals surface area contributed by atoms with E-state index in [1.807, 2.05) is 36.4 Å². The van der Waals surface area contributed by atoms with Gasteiger partial charge >= 0.3 is 5.97 Å². The number of rotatable bonds is 5. The predicted octanol–water partition coefficient (Wildman–Crippen LogP) is 4.66. The molecule has 2 aromatic carbocycles. The maximum atomic E-state index is 11.8. The van der Waals surface area contributed by atoms with Gasteiger partial charge in [-0.25, -0.2) is 9.78 Å². The molecule has 3 aromatic rings. The highest BCUT2D eigenvalue weighted by atomic mass is 16.5. The lowest BCUT2D eigenvalue weighted by atomic mass is 10.1. The monoisotopic (exact) mass is 388 g/mol. The fourth-order valence-electron chi connectivity index (χ4n) is 3.50. The molecule has 1 N–H and O–H groups in total. The maximum Gasteiger partial charge on any atom is 0.337 e. The lowest BCUT2D eigenvalue weighted by Gasteiger charge is -2.28. The Balaban J connectivity index is 1.69. The largest absolute Gasteiger partial charge is 0.465 e. The number of aromatic nitrogens is 2. The second kappa shape index (κ2) is 8.73. The molecule has 1 aliphatic rings. The maximum absolute atomic E-state index is 11.8. The molecule has 0 amide bonds. The smallest absolute Gasteiger partial charge is 0.337 e. The lowest BCUT2D eigenvalue weighted by molar-refractivity contribution is 0.0601. The Morgan fingerprint density at radius 3 is 2.52 bits per heavy atom. The van der Waals surface area contributed by atoms with Crippen molar-refractivity contribution in [2.45, 2.75) is 19.3 Å². The topological polar surface area (TPSA) is 67.3 Å². The highest BCUT2D eigenvalue weighted by Gasteiger charge is 2.16. The molecule has 6 heteroatoms. The fraction of sp³-hybridized carbons (Fsp3) is 0.261. The molecule has 0 radical (unpaired) electrons. The van der Waals surface area contributed by atoms with E-state index < -0.39 is 0 Å². The third-order valence-corrected chi connectivity index (χ3v) is 5.00. The van der Waals surface area contributed by atoms with E-state index >= 15 is 0 Å². The summed E-state index contributed by atoms with van der Waals surface area (Å²) in [5.74, 6) is 1.06. The first-order chi connectivity index (χ1) is 14.2. The summed E-state index contributed by atoms with van der Waals surface area (Å²) in [7, 11) is 1.37. The first-order valence-electron chi connectivity index (χ1n) is 9.88. The number of nitrogens with one attached hydrogen (secondary N) is 1. The standard InChI is InChI=1S/C23H24N4O2/c1-29-22(28)18-11-8-12-19(15-18)24-23-25-20(17-9-4-2-5-10-17)16-21(26-23)27-13-6-3-7-14-27/h2,4-5,8-12,15-16H,3,6-7,13-14H2,1H3,(H,24,25,26). The normalized spacial score (nSPS) is 13.8. The zero-order chi connectivity index (χ0) is 20.1. The predicted molar refractivity (Wildman–Crippen MR) is 115 cm³/mol. The molecular weight excluding hydrogens is 364 g/mol. The summed E-state index contributed by atoms with van der Waals surface area (Å²) in [6.07, 6.45) is 3.61. The number of ether oxygens (including phenoxy) is 1. The second-order valence-corrected chi connectivity index (χ2v) is 7.05. The summed E-state index contributed by atoms with van der Waals surface area (Å²) in [6, 6.07) is 19.3. The number of nitrogens with zero attached hydrogens (tertiary/aromatic N) is 3. The number of esters is 1. The van der Waals surface area contributed by atoms with Gasteiger partial charge in [0.1, 0.15) is 5.82 Å². The molecule has 1 saturated heterocycles. The number of piperidine rings is 1. The van der Waals surface area contributed by atoms with Gasteiger partial charge in [-0.3, -0.25) is 0 Å². The molecule has 0 atom stereocenters. The van der Waals surface area contributed by atoms with Gasteiger partial charge in [0.25, 0.3) is 0 Å². The summed E-state index contributed by atoms with van der Waals surface area (Å²) in [6.45, 7) is 2.00. The van der Waals surface area contributed by atoms with Crippen LogP contribution in [0.4, 0.5) is 17.5 Å². The Morgan fingerprint density at radius 2 is 1.76 bits per heavy atom. The first kappa shape index (κ1) is 18.9. The van der Waals surface area contributed by atoms with Crippen LogP contribution in [-0.2, 0) is 4.74 Å². The van der Waals surface area contributed by atoms with Gasteiger partial charge < -0.3 is 15.0 Å². The molecule has 6 nitrogen and oxygen atoms in total. The van der Waals surface area contributed by atoms with Gasteiger partial charge in [0.15, 0.2) is 0 Å². The van der Waals surface area contributed by atoms with Gasteiger partial charge in [0.05, 0.1) is 18.4 Å². The van der Waals surface area contributed by atoms with Crippen molar-refractivity contribution in [3.8, 4) is 11.3 Å². The van der Waals surface area contributed by atoms with E-state index in [9.17, 15) is 4.79 Å². The first-order valence-corrected chi connectivity index (χ1v) is 9.88. The van der Waals surface area contributed by atoms with E-state index in [1.54, 1.807) is 18.2 Å². The molecule has 0 aliphatic carbocycles. The number of anilines is 3. The summed E-state index contributed by atoms with van der Waals surface area (Å²) < 4.78 is 4.81. The Morgan fingerprint density at radius 1 is 0.966 bits per heavy atom. The molecule has 4 rings (SSSR count). The molecule has 0 unspecified atom stereocenters. The number of benzene rings is 2. The van der Waals surface area contributed by atoms with Gasteiger partial charge in [0.2, 0.25) is 5.95 Å². The Bertz CT molecular complexity index is 985. The van der Waals surface area contributed by atoms with Crippen molar-refractivity contribution in [2.75, 3.05) is 30.4 Å². The summed E-state index contributed by atoms with van der Waals surface area (Å²) >= 11 is 0. The van der Waals surface area contributed by atoms with Crippen LogP contribution in [0.3, 0.4) is 0 Å². The van der Waals surface area contributed by atoms with Gasteiger partial charge in [-0.1, -0.05) is 36.4 Å². The van der Waals surface area contributed by atoms with Crippen molar-refractivity contribution >= 4 is 23.4 Å². The van der Waals surface area contributed by atoms with Crippen molar-refractivity contribution < 1.29 is 9.53 Å². The quantitative estimate of drug-likeness (QED) is 0.641. The Labute approximate surface area is 170 Å². The van der Waals surface area contributed by atoms with Gasteiger partial charge in [-0.05, 0) is 37.5 Å². The number of carbonyl (C=O) groups is 1. The molecule has 29 heavy (non-hydrogen) atoms. The van der Waals surface area contributed by atoms with Crippen LogP contribution < -0.4 is 10.2 Å². The number of methoxy groups -OCH3 is 1. The zero-order valence-electron chi connectivity index (χ0n) is 16.5. The third-order valence-electron chi connectivity index (χ3n) is 5.00. The van der Waals surface area contributed by atoms with Crippen molar-refractivity contribution in [1.29, 1.82) is 0 Å². The Hall–Kier alpha value is -3.41. The highest BCUT2D eigenvalue weighted by molar-refractivity contribution is 5.90. The minimum absolute atomic E-state index is 0.374. The van der Waals surface area contributed by atoms with Crippen LogP contribution in [0.2, 0.25) is 0 Å². The Kier molecular flexibility index (Phi) is 5.70. The van der Waals surface area contributed by atoms with E-state index in [0.717, 1.165) is 35.9 Å². The number of hydrogen-bond acceptors (Lipinski definition) is 6. The van der Waals surface area contributed by atoms with Crippen LogP contribution in [0.5, 0.6) is 0 Å². The van der Waals surface area contributed by atoms with Crippen molar-refractivity contribution in [3.63, 3.8) is 0 Å². The lowest BCUT2D eigenvalue weighted by Crippen LogP contribution is -2.30. The molecule has 1 aromatic heterocycles. The van der Waals surface area contributed by atoms with Gasteiger partial charge in [-0.2, -0.15) is 4.98 Å². The van der Waals surface area contributed by atoms with Gasteiger partial charge in [-0.15, -0.1) is 0 Å². The number of carbonyl (C=O) groups excluding carboxylic acids is 1. The van der Waals surface area contributed by atoms with E-state index in [0.29, 0.717) is 11.5 Å². The molecule has 1 aliphatic heterocycles. The molecule has 2 heterocycles. The highest BCUT2D eigenvalue weighted by Crippen LogP contribution is 2.27. The number of hydrogen-bond donors (Lipinski definition) is 1. The van der Waals surface area contributed by atoms with E-state index in [1.165, 1.54) is 26.4 Å². The molecule has 148 valence electrons. The van der Waals surface area contributed by atoms with Crippen LogP contribution in [0.1, 0.15) is 29.6 Å². The van der Waals surface area contributed by atoms with Crippen molar-refractivity contribution in [2.24, 2.45) is 0 Å². The average molecular weight is 388 g/mol. The van der Waals surface area contributed by atoms with Crippen LogP contribution in [0.15, 0.2) is 60.7 Å². The molecule has 0 spiro atoms. The fourth-order valence-corrected chi connectivity index (χ4v) is 3.50. The summed E-state index contributed by atoms with van der Waals surface area (Å²) in [4.78, 5) is 23.6. The van der Waals surface area contributed by atoms with Crippen LogP contribution in [-0.4, -0.2) is 36.1 Å². The van der Waals surface area contributed by atoms with E-state index in [2.05, 4.69) is 16.3 Å². The molecule has 0 bridgehead atoms. The molecular formula is C23H24N4O2. The minimum Gasteiger partial charge on any atom is -0.465 e. The minimum atomic E-state index is -0.374. The SMILES string of the molecule is COC(=O)c1cccc(Nc2nc(-c3ccccc3)cc(N3CCCCC3)n2)c1. The van der Waals surface area contributed by atoms with Crippen molar-refractivity contribution in [1.82, 2.24) is 9.97 Å². The average Bonchev–Trinajstić information content (AvgIpc) is 2.79. The molecule has 0 saturated carbocycles. The summed E-state index contributed by atoms with van der Waals surface area (Å²) in [5.41, 5.74) is 3.13. The second-order valence-electron chi connectivity index (χ2n) is 7.05. The van der Waals surface area contributed by atoms with Crippen LogP contribution in [0, 0.1) is 0 Å². The van der Waals surface area contributed by atoms with E-state index in [-0.39, 0.29) is 5.97 Å². The summed E-state index contributed by atoms with van der Waals surface area (Å²) in [5, 5.41) is 3.26. The van der Waals surface area contributed by atoms with E-state index in [4.69, 9.17) is 14.7 Å². The molecule has 1 fully saturated rings. The van der Waals surface area contributed by atoms with Crippen molar-refractivity contribution in [3.05, 3.63) is 66.2 Å². The third kappa shape index (κ3) is 4.54.